The average Bonchev–Trinajstić information content (AvgIpc) is 3.01. The summed E-state index contributed by atoms with van der Waals surface area (Å²) in [5.41, 5.74) is 4.86. The molecule has 1 aliphatic heterocycles. The van der Waals surface area contributed by atoms with E-state index in [1.165, 1.54) is 23.1 Å². The molecule has 1 aromatic heterocycles. The molecule has 1 atom stereocenters. The number of fused-ring (bicyclic) bond motifs is 1. The molecule has 0 N–H and O–H groups in total. The van der Waals surface area contributed by atoms with Gasteiger partial charge in [0.15, 0.2) is 0 Å². The first-order valence-corrected chi connectivity index (χ1v) is 8.38. The third-order valence-corrected chi connectivity index (χ3v) is 4.73. The first-order valence-electron chi connectivity index (χ1n) is 8.38. The summed E-state index contributed by atoms with van der Waals surface area (Å²) >= 11 is 0. The van der Waals surface area contributed by atoms with Gasteiger partial charge in [0.05, 0.1) is 31.0 Å². The molecule has 0 radical (unpaired) electrons. The van der Waals surface area contributed by atoms with Crippen LogP contribution in [-0.4, -0.2) is 45.0 Å². The van der Waals surface area contributed by atoms with Crippen molar-refractivity contribution in [2.45, 2.75) is 20.3 Å². The largest absolute Gasteiger partial charge is 0.382 e. The molecule has 23 heavy (non-hydrogen) atoms. The van der Waals surface area contributed by atoms with Crippen LogP contribution in [-0.2, 0) is 9.47 Å². The Balaban J connectivity index is 1.77. The van der Waals surface area contributed by atoms with Crippen molar-refractivity contribution >= 4 is 16.6 Å². The molecule has 1 saturated heterocycles. The third kappa shape index (κ3) is 3.48. The van der Waals surface area contributed by atoms with E-state index in [0.29, 0.717) is 19.1 Å². The molecule has 0 saturated carbocycles. The van der Waals surface area contributed by atoms with Crippen molar-refractivity contribution < 1.29 is 9.47 Å². The molecule has 0 bridgehead atoms. The molecule has 4 nitrogen and oxygen atoms in total. The van der Waals surface area contributed by atoms with Crippen LogP contribution < -0.4 is 4.90 Å². The first kappa shape index (κ1) is 16.2. The van der Waals surface area contributed by atoms with Gasteiger partial charge < -0.3 is 14.4 Å². The normalized spacial score (nSPS) is 18.0. The Labute approximate surface area is 138 Å². The number of hydrogen-bond donors (Lipinski definition) is 0. The van der Waals surface area contributed by atoms with E-state index in [9.17, 15) is 0 Å². The van der Waals surface area contributed by atoms with Crippen LogP contribution in [0.3, 0.4) is 0 Å². The molecule has 1 aliphatic rings. The van der Waals surface area contributed by atoms with E-state index in [4.69, 9.17) is 14.5 Å². The lowest BCUT2D eigenvalue weighted by Gasteiger charge is -2.24. The number of pyridine rings is 1. The molecule has 1 aromatic carbocycles. The highest BCUT2D eigenvalue weighted by molar-refractivity contribution is 5.94. The molecule has 0 aliphatic carbocycles. The van der Waals surface area contributed by atoms with Crippen LogP contribution in [0, 0.1) is 19.8 Å². The fourth-order valence-electron chi connectivity index (χ4n) is 3.38. The van der Waals surface area contributed by atoms with Crippen molar-refractivity contribution in [3.63, 3.8) is 0 Å². The maximum absolute atomic E-state index is 5.72. The number of aromatic nitrogens is 1. The Bertz CT molecular complexity index is 672. The summed E-state index contributed by atoms with van der Waals surface area (Å²) in [6.07, 6.45) is 1.18. The Morgan fingerprint density at radius 1 is 1.22 bits per heavy atom. The molecule has 2 heterocycles. The Kier molecular flexibility index (Phi) is 5.13. The van der Waals surface area contributed by atoms with Gasteiger partial charge in [-0.1, -0.05) is 18.2 Å². The summed E-state index contributed by atoms with van der Waals surface area (Å²) in [5.74, 6) is 0.596. The summed E-state index contributed by atoms with van der Waals surface area (Å²) in [7, 11) is 1.71. The quantitative estimate of drug-likeness (QED) is 0.766. The smallest absolute Gasteiger partial charge is 0.0726 e. The fraction of sp³-hybridized carbons (Fsp3) is 0.526. The number of methoxy groups -OCH3 is 1. The second kappa shape index (κ2) is 7.28. The molecule has 3 rings (SSSR count). The minimum atomic E-state index is 0.596. The Hall–Kier alpha value is -1.65. The molecule has 0 amide bonds. The van der Waals surface area contributed by atoms with E-state index >= 15 is 0 Å². The number of rotatable bonds is 6. The second-order valence-corrected chi connectivity index (χ2v) is 6.36. The molecule has 1 fully saturated rings. The van der Waals surface area contributed by atoms with Crippen LogP contribution in [0.2, 0.25) is 0 Å². The Morgan fingerprint density at radius 3 is 2.87 bits per heavy atom. The van der Waals surface area contributed by atoms with E-state index in [2.05, 4.69) is 43.0 Å². The summed E-state index contributed by atoms with van der Waals surface area (Å²) in [6, 6.07) is 8.45. The minimum absolute atomic E-state index is 0.596. The highest BCUT2D eigenvalue weighted by atomic mass is 16.5. The van der Waals surface area contributed by atoms with Crippen molar-refractivity contribution in [2.75, 3.05) is 44.9 Å². The lowest BCUT2D eigenvalue weighted by Crippen LogP contribution is -2.23. The van der Waals surface area contributed by atoms with Crippen LogP contribution in [0.4, 0.5) is 5.69 Å². The molecular formula is C19H26N2O2. The summed E-state index contributed by atoms with van der Waals surface area (Å²) in [4.78, 5) is 7.24. The lowest BCUT2D eigenvalue weighted by atomic mass is 10.1. The van der Waals surface area contributed by atoms with Crippen molar-refractivity contribution in [3.05, 3.63) is 35.5 Å². The monoisotopic (exact) mass is 314 g/mol. The van der Waals surface area contributed by atoms with Crippen molar-refractivity contribution in [3.8, 4) is 0 Å². The van der Waals surface area contributed by atoms with Crippen molar-refractivity contribution in [1.29, 1.82) is 0 Å². The van der Waals surface area contributed by atoms with Gasteiger partial charge in [0, 0.05) is 37.2 Å². The number of ether oxygens (including phenoxy) is 2. The van der Waals surface area contributed by atoms with E-state index in [0.717, 1.165) is 30.9 Å². The van der Waals surface area contributed by atoms with Crippen LogP contribution in [0.25, 0.3) is 10.9 Å². The summed E-state index contributed by atoms with van der Waals surface area (Å²) < 4.78 is 10.8. The summed E-state index contributed by atoms with van der Waals surface area (Å²) in [6.45, 7) is 8.61. The van der Waals surface area contributed by atoms with Gasteiger partial charge in [-0.05, 0) is 31.9 Å². The highest BCUT2D eigenvalue weighted by Crippen LogP contribution is 2.34. The maximum Gasteiger partial charge on any atom is 0.0726 e. The predicted molar refractivity (Wildman–Crippen MR) is 94.2 cm³/mol. The predicted octanol–water partition coefficient (Wildman–Crippen LogP) is 3.34. The van der Waals surface area contributed by atoms with Gasteiger partial charge >= 0.3 is 0 Å². The zero-order chi connectivity index (χ0) is 16.2. The van der Waals surface area contributed by atoms with E-state index in [-0.39, 0.29) is 0 Å². The van der Waals surface area contributed by atoms with Gasteiger partial charge in [0.1, 0.15) is 0 Å². The van der Waals surface area contributed by atoms with Crippen LogP contribution in [0.15, 0.2) is 24.3 Å². The number of hydrogen-bond acceptors (Lipinski definition) is 4. The topological polar surface area (TPSA) is 34.6 Å². The first-order chi connectivity index (χ1) is 11.2. The lowest BCUT2D eigenvalue weighted by molar-refractivity contribution is 0.0549. The Morgan fingerprint density at radius 2 is 2.04 bits per heavy atom. The molecular weight excluding hydrogens is 288 g/mol. The average molecular weight is 314 g/mol. The molecule has 4 heteroatoms. The van der Waals surface area contributed by atoms with Gasteiger partial charge in [0.25, 0.3) is 0 Å². The van der Waals surface area contributed by atoms with E-state index in [1.807, 2.05) is 0 Å². The van der Waals surface area contributed by atoms with Gasteiger partial charge in [-0.25, -0.2) is 0 Å². The number of benzene rings is 1. The zero-order valence-electron chi connectivity index (χ0n) is 14.3. The minimum Gasteiger partial charge on any atom is -0.382 e. The molecule has 2 aromatic rings. The fourth-order valence-corrected chi connectivity index (χ4v) is 3.38. The third-order valence-electron chi connectivity index (χ3n) is 4.73. The van der Waals surface area contributed by atoms with E-state index < -0.39 is 0 Å². The maximum atomic E-state index is 5.72. The highest BCUT2D eigenvalue weighted by Gasteiger charge is 2.25. The van der Waals surface area contributed by atoms with Gasteiger partial charge in [0.2, 0.25) is 0 Å². The molecule has 0 unspecified atom stereocenters. The number of aryl methyl sites for hydroxylation is 1. The SMILES string of the molecule is COCCOC[C@H]1CCN(c2c(C)c(C)nc3ccccc23)C1. The van der Waals surface area contributed by atoms with Gasteiger partial charge in [-0.2, -0.15) is 0 Å². The van der Waals surface area contributed by atoms with Crippen molar-refractivity contribution in [1.82, 2.24) is 4.98 Å². The standard InChI is InChI=1S/C19H26N2O2/c1-14-15(2)20-18-7-5-4-6-17(18)19(14)21-9-8-16(12-21)13-23-11-10-22-3/h4-7,16H,8-13H2,1-3H3/t16-/m0/s1. The van der Waals surface area contributed by atoms with Gasteiger partial charge in [-0.3, -0.25) is 4.98 Å². The summed E-state index contributed by atoms with van der Waals surface area (Å²) in [5, 5.41) is 1.26. The molecule has 0 spiro atoms. The van der Waals surface area contributed by atoms with Gasteiger partial charge in [-0.15, -0.1) is 0 Å². The second-order valence-electron chi connectivity index (χ2n) is 6.36. The van der Waals surface area contributed by atoms with Crippen LogP contribution in [0.1, 0.15) is 17.7 Å². The van der Waals surface area contributed by atoms with Crippen LogP contribution in [0.5, 0.6) is 0 Å². The van der Waals surface area contributed by atoms with E-state index in [1.54, 1.807) is 7.11 Å². The number of para-hydroxylation sites is 1. The number of nitrogens with zero attached hydrogens (tertiary/aromatic N) is 2. The zero-order valence-corrected chi connectivity index (χ0v) is 14.3. The number of anilines is 1. The molecule has 124 valence electrons. The van der Waals surface area contributed by atoms with Crippen molar-refractivity contribution in [2.24, 2.45) is 5.92 Å². The van der Waals surface area contributed by atoms with Crippen LogP contribution >= 0.6 is 0 Å².